The molecule has 26 heavy (non-hydrogen) atoms. The highest BCUT2D eigenvalue weighted by molar-refractivity contribution is 7.09. The van der Waals surface area contributed by atoms with E-state index in [4.69, 9.17) is 0 Å². The van der Waals surface area contributed by atoms with Crippen LogP contribution in [0.1, 0.15) is 36.2 Å². The molecule has 3 heterocycles. The van der Waals surface area contributed by atoms with Gasteiger partial charge in [-0.1, -0.05) is 13.8 Å². The van der Waals surface area contributed by atoms with Crippen molar-refractivity contribution in [1.29, 1.82) is 0 Å². The van der Waals surface area contributed by atoms with Gasteiger partial charge in [0.1, 0.15) is 5.82 Å². The molecule has 5 nitrogen and oxygen atoms in total. The average molecular weight is 379 g/mol. The van der Waals surface area contributed by atoms with Crippen molar-refractivity contribution in [1.82, 2.24) is 19.9 Å². The van der Waals surface area contributed by atoms with Crippen molar-refractivity contribution in [2.75, 3.05) is 5.32 Å². The van der Waals surface area contributed by atoms with Gasteiger partial charge >= 0.3 is 6.18 Å². The summed E-state index contributed by atoms with van der Waals surface area (Å²) in [6.07, 6.45) is -1.60. The summed E-state index contributed by atoms with van der Waals surface area (Å²) in [7, 11) is 0. The van der Waals surface area contributed by atoms with E-state index in [-0.39, 0.29) is 18.2 Å². The second-order valence-electron chi connectivity index (χ2n) is 5.88. The maximum Gasteiger partial charge on any atom is 0.433 e. The van der Waals surface area contributed by atoms with E-state index < -0.39 is 11.9 Å². The van der Waals surface area contributed by atoms with Gasteiger partial charge in [0.2, 0.25) is 0 Å². The smallest absolute Gasteiger partial charge is 0.364 e. The predicted molar refractivity (Wildman–Crippen MR) is 93.8 cm³/mol. The van der Waals surface area contributed by atoms with Gasteiger partial charge in [0, 0.05) is 35.3 Å². The van der Waals surface area contributed by atoms with Crippen LogP contribution in [0.5, 0.6) is 0 Å². The average Bonchev–Trinajstić information content (AvgIpc) is 3.09. The quantitative estimate of drug-likeness (QED) is 0.693. The molecule has 136 valence electrons. The molecule has 0 aliphatic carbocycles. The topological polar surface area (TPSA) is 63.6 Å². The standard InChI is InChI=1S/C17H16F3N5S/c1-10(2)16-23-12(9-26-16)8-22-14-7-13(17(18,19)20)24-15(25-14)11-3-5-21-6-4-11/h3-7,9-10H,8H2,1-2H3,(H,22,24,25). The van der Waals surface area contributed by atoms with Gasteiger partial charge in [-0.2, -0.15) is 13.2 Å². The van der Waals surface area contributed by atoms with Crippen molar-refractivity contribution in [3.63, 3.8) is 0 Å². The second kappa shape index (κ2) is 7.36. The molecule has 0 saturated heterocycles. The van der Waals surface area contributed by atoms with Gasteiger partial charge in [-0.25, -0.2) is 15.0 Å². The van der Waals surface area contributed by atoms with E-state index in [1.54, 1.807) is 12.1 Å². The number of halogens is 3. The van der Waals surface area contributed by atoms with Crippen LogP contribution in [0.2, 0.25) is 0 Å². The molecule has 3 rings (SSSR count). The number of pyridine rings is 1. The number of alkyl halides is 3. The SMILES string of the molecule is CC(C)c1nc(CNc2cc(C(F)(F)F)nc(-c3ccncc3)n2)cs1. The van der Waals surface area contributed by atoms with E-state index >= 15 is 0 Å². The van der Waals surface area contributed by atoms with Gasteiger partial charge in [0.15, 0.2) is 11.5 Å². The fourth-order valence-corrected chi connectivity index (χ4v) is 3.00. The maximum atomic E-state index is 13.2. The highest BCUT2D eigenvalue weighted by atomic mass is 32.1. The number of nitrogens with one attached hydrogen (secondary N) is 1. The summed E-state index contributed by atoms with van der Waals surface area (Å²) >= 11 is 1.53. The first-order chi connectivity index (χ1) is 12.3. The van der Waals surface area contributed by atoms with E-state index in [0.717, 1.165) is 16.8 Å². The van der Waals surface area contributed by atoms with Crippen LogP contribution in [0.15, 0.2) is 36.0 Å². The van der Waals surface area contributed by atoms with Gasteiger partial charge < -0.3 is 5.32 Å². The number of hydrogen-bond donors (Lipinski definition) is 1. The molecule has 0 bridgehead atoms. The summed E-state index contributed by atoms with van der Waals surface area (Å²) in [6, 6.07) is 4.03. The molecular weight excluding hydrogens is 363 g/mol. The Kier molecular flexibility index (Phi) is 5.17. The molecule has 3 aromatic rings. The predicted octanol–water partition coefficient (Wildman–Crippen LogP) is 4.75. The van der Waals surface area contributed by atoms with Gasteiger partial charge in [-0.3, -0.25) is 4.98 Å². The zero-order valence-electron chi connectivity index (χ0n) is 14.1. The molecule has 0 spiro atoms. The number of rotatable bonds is 5. The molecule has 0 aliphatic heterocycles. The minimum Gasteiger partial charge on any atom is -0.364 e. The molecular formula is C17H16F3N5S. The van der Waals surface area contributed by atoms with Crippen LogP contribution in [0.3, 0.4) is 0 Å². The van der Waals surface area contributed by atoms with Crippen molar-refractivity contribution in [3.8, 4) is 11.4 Å². The summed E-state index contributed by atoms with van der Waals surface area (Å²) in [4.78, 5) is 16.2. The van der Waals surface area contributed by atoms with Gasteiger partial charge in [-0.15, -0.1) is 11.3 Å². The molecule has 0 unspecified atom stereocenters. The minimum atomic E-state index is -4.56. The highest BCUT2D eigenvalue weighted by Crippen LogP contribution is 2.31. The Hall–Kier alpha value is -2.55. The lowest BCUT2D eigenvalue weighted by Gasteiger charge is -2.11. The zero-order chi connectivity index (χ0) is 18.7. The van der Waals surface area contributed by atoms with E-state index in [0.29, 0.717) is 11.5 Å². The summed E-state index contributed by atoms with van der Waals surface area (Å²) in [6.45, 7) is 4.36. The van der Waals surface area contributed by atoms with Crippen LogP contribution >= 0.6 is 11.3 Å². The number of nitrogens with zero attached hydrogens (tertiary/aromatic N) is 4. The normalized spacial score (nSPS) is 11.8. The van der Waals surface area contributed by atoms with Gasteiger partial charge in [-0.05, 0) is 12.1 Å². The molecule has 0 aliphatic rings. The lowest BCUT2D eigenvalue weighted by atomic mass is 10.2. The molecule has 0 radical (unpaired) electrons. The van der Waals surface area contributed by atoms with E-state index in [1.807, 2.05) is 19.2 Å². The Morgan fingerprint density at radius 1 is 1.12 bits per heavy atom. The Labute approximate surface area is 152 Å². The Morgan fingerprint density at radius 3 is 2.46 bits per heavy atom. The summed E-state index contributed by atoms with van der Waals surface area (Å²) in [5.41, 5.74) is 0.226. The largest absolute Gasteiger partial charge is 0.433 e. The Morgan fingerprint density at radius 2 is 1.85 bits per heavy atom. The lowest BCUT2D eigenvalue weighted by Crippen LogP contribution is -2.12. The number of thiazole rings is 1. The molecule has 3 aromatic heterocycles. The fraction of sp³-hybridized carbons (Fsp3) is 0.294. The Balaban J connectivity index is 1.87. The van der Waals surface area contributed by atoms with Crippen molar-refractivity contribution in [2.24, 2.45) is 0 Å². The molecule has 0 aromatic carbocycles. The molecule has 0 saturated carbocycles. The first-order valence-corrected chi connectivity index (χ1v) is 8.75. The zero-order valence-corrected chi connectivity index (χ0v) is 14.9. The molecule has 0 atom stereocenters. The van der Waals surface area contributed by atoms with Crippen molar-refractivity contribution < 1.29 is 13.2 Å². The van der Waals surface area contributed by atoms with Crippen LogP contribution < -0.4 is 5.32 Å². The second-order valence-corrected chi connectivity index (χ2v) is 6.77. The maximum absolute atomic E-state index is 13.2. The van der Waals surface area contributed by atoms with Gasteiger partial charge in [0.25, 0.3) is 0 Å². The summed E-state index contributed by atoms with van der Waals surface area (Å²) in [5, 5.41) is 5.78. The lowest BCUT2D eigenvalue weighted by molar-refractivity contribution is -0.141. The van der Waals surface area contributed by atoms with Crippen LogP contribution in [0, 0.1) is 0 Å². The highest BCUT2D eigenvalue weighted by Gasteiger charge is 2.33. The van der Waals surface area contributed by atoms with Crippen LogP contribution in [0.25, 0.3) is 11.4 Å². The van der Waals surface area contributed by atoms with Gasteiger partial charge in [0.05, 0.1) is 17.2 Å². The van der Waals surface area contributed by atoms with Crippen LogP contribution in [-0.2, 0) is 12.7 Å². The first-order valence-electron chi connectivity index (χ1n) is 7.88. The van der Waals surface area contributed by atoms with Crippen molar-refractivity contribution in [2.45, 2.75) is 32.5 Å². The third-order valence-electron chi connectivity index (χ3n) is 3.47. The fourth-order valence-electron chi connectivity index (χ4n) is 2.16. The van der Waals surface area contributed by atoms with Crippen molar-refractivity contribution in [3.05, 3.63) is 52.4 Å². The number of hydrogen-bond acceptors (Lipinski definition) is 6. The minimum absolute atomic E-state index is 0.00845. The van der Waals surface area contributed by atoms with E-state index in [9.17, 15) is 13.2 Å². The van der Waals surface area contributed by atoms with Crippen LogP contribution in [-0.4, -0.2) is 19.9 Å². The number of aromatic nitrogens is 4. The molecule has 9 heteroatoms. The first kappa shape index (κ1) is 18.2. The molecule has 0 fully saturated rings. The van der Waals surface area contributed by atoms with Crippen molar-refractivity contribution >= 4 is 17.2 Å². The molecule has 0 amide bonds. The summed E-state index contributed by atoms with van der Waals surface area (Å²) < 4.78 is 39.5. The molecule has 1 N–H and O–H groups in total. The van der Waals surface area contributed by atoms with E-state index in [2.05, 4.69) is 25.3 Å². The summed E-state index contributed by atoms with van der Waals surface area (Å²) in [5.74, 6) is 0.395. The van der Waals surface area contributed by atoms with E-state index in [1.165, 1.54) is 23.7 Å². The Bertz CT molecular complexity index is 878. The van der Waals surface area contributed by atoms with Crippen LogP contribution in [0.4, 0.5) is 19.0 Å². The number of anilines is 1. The monoisotopic (exact) mass is 379 g/mol. The third-order valence-corrected chi connectivity index (χ3v) is 4.66. The third kappa shape index (κ3) is 4.34.